The number of rotatable bonds is 5. The monoisotopic (exact) mass is 274 g/mol. The lowest BCUT2D eigenvalue weighted by Gasteiger charge is -2.42. The number of nitrogens with one attached hydrogen (secondary N) is 1. The first-order chi connectivity index (χ1) is 9.61. The Morgan fingerprint density at radius 1 is 1.15 bits per heavy atom. The van der Waals surface area contributed by atoms with Gasteiger partial charge in [0.05, 0.1) is 0 Å². The van der Waals surface area contributed by atoms with Crippen molar-refractivity contribution in [2.45, 2.75) is 46.2 Å². The lowest BCUT2D eigenvalue weighted by molar-refractivity contribution is 0.0836. The third-order valence-electron chi connectivity index (χ3n) is 4.54. The second kappa shape index (κ2) is 7.24. The molecular formula is C18H30N2. The molecule has 2 rings (SSSR count). The SMILES string of the molecule is CCNC(c1ccccc1)C(C)N1CC(C)CC(C)C1. The molecular weight excluding hydrogens is 244 g/mol. The van der Waals surface area contributed by atoms with Crippen LogP contribution in [-0.4, -0.2) is 30.6 Å². The third kappa shape index (κ3) is 3.83. The molecule has 1 heterocycles. The van der Waals surface area contributed by atoms with Crippen LogP contribution in [0.25, 0.3) is 0 Å². The summed E-state index contributed by atoms with van der Waals surface area (Å²) >= 11 is 0. The zero-order valence-corrected chi connectivity index (χ0v) is 13.5. The molecule has 0 amide bonds. The van der Waals surface area contributed by atoms with Crippen LogP contribution >= 0.6 is 0 Å². The summed E-state index contributed by atoms with van der Waals surface area (Å²) in [4.78, 5) is 2.68. The molecule has 112 valence electrons. The summed E-state index contributed by atoms with van der Waals surface area (Å²) in [7, 11) is 0. The summed E-state index contributed by atoms with van der Waals surface area (Å²) in [5.74, 6) is 1.64. The van der Waals surface area contributed by atoms with Crippen LogP contribution in [0, 0.1) is 11.8 Å². The highest BCUT2D eigenvalue weighted by Gasteiger charge is 2.29. The van der Waals surface area contributed by atoms with E-state index in [9.17, 15) is 0 Å². The summed E-state index contributed by atoms with van der Waals surface area (Å²) in [6.45, 7) is 12.8. The standard InChI is InChI=1S/C18H30N2/c1-5-19-18(17-9-7-6-8-10-17)16(4)20-12-14(2)11-15(3)13-20/h6-10,14-16,18-19H,5,11-13H2,1-4H3. The normalized spacial score (nSPS) is 27.2. The van der Waals surface area contributed by atoms with E-state index in [4.69, 9.17) is 0 Å². The number of likely N-dealkylation sites (tertiary alicyclic amines) is 1. The molecule has 0 bridgehead atoms. The van der Waals surface area contributed by atoms with Crippen molar-refractivity contribution in [2.75, 3.05) is 19.6 Å². The second-order valence-electron chi connectivity index (χ2n) is 6.59. The van der Waals surface area contributed by atoms with Crippen LogP contribution in [0.3, 0.4) is 0 Å². The highest BCUT2D eigenvalue weighted by molar-refractivity contribution is 5.20. The van der Waals surface area contributed by atoms with Gasteiger partial charge in [0.2, 0.25) is 0 Å². The molecule has 0 aliphatic carbocycles. The molecule has 20 heavy (non-hydrogen) atoms. The van der Waals surface area contributed by atoms with Crippen molar-refractivity contribution in [1.82, 2.24) is 10.2 Å². The van der Waals surface area contributed by atoms with Crippen molar-refractivity contribution in [3.8, 4) is 0 Å². The summed E-state index contributed by atoms with van der Waals surface area (Å²) in [5, 5.41) is 3.68. The van der Waals surface area contributed by atoms with E-state index in [0.29, 0.717) is 12.1 Å². The smallest absolute Gasteiger partial charge is 0.0475 e. The van der Waals surface area contributed by atoms with E-state index >= 15 is 0 Å². The third-order valence-corrected chi connectivity index (χ3v) is 4.54. The van der Waals surface area contributed by atoms with Gasteiger partial charge in [-0.3, -0.25) is 4.90 Å². The molecule has 2 nitrogen and oxygen atoms in total. The van der Waals surface area contributed by atoms with E-state index in [2.05, 4.69) is 68.2 Å². The van der Waals surface area contributed by atoms with E-state index in [0.717, 1.165) is 18.4 Å². The summed E-state index contributed by atoms with van der Waals surface area (Å²) in [6, 6.07) is 11.9. The van der Waals surface area contributed by atoms with Crippen molar-refractivity contribution in [1.29, 1.82) is 0 Å². The van der Waals surface area contributed by atoms with Gasteiger partial charge >= 0.3 is 0 Å². The fourth-order valence-corrected chi connectivity index (χ4v) is 3.70. The summed E-state index contributed by atoms with van der Waals surface area (Å²) < 4.78 is 0. The molecule has 2 heteroatoms. The predicted octanol–water partition coefficient (Wildman–Crippen LogP) is 3.70. The minimum absolute atomic E-state index is 0.429. The van der Waals surface area contributed by atoms with Crippen LogP contribution in [-0.2, 0) is 0 Å². The van der Waals surface area contributed by atoms with Gasteiger partial charge in [-0.25, -0.2) is 0 Å². The molecule has 0 radical (unpaired) electrons. The Morgan fingerprint density at radius 2 is 1.75 bits per heavy atom. The van der Waals surface area contributed by atoms with Gasteiger partial charge in [0.15, 0.2) is 0 Å². The van der Waals surface area contributed by atoms with Gasteiger partial charge in [-0.1, -0.05) is 51.1 Å². The van der Waals surface area contributed by atoms with E-state index < -0.39 is 0 Å². The number of nitrogens with zero attached hydrogens (tertiary/aromatic N) is 1. The van der Waals surface area contributed by atoms with Crippen LogP contribution in [0.2, 0.25) is 0 Å². The zero-order chi connectivity index (χ0) is 14.5. The maximum Gasteiger partial charge on any atom is 0.0475 e. The molecule has 4 atom stereocenters. The van der Waals surface area contributed by atoms with Gasteiger partial charge in [-0.2, -0.15) is 0 Å². The maximum absolute atomic E-state index is 3.68. The highest BCUT2D eigenvalue weighted by Crippen LogP contribution is 2.27. The second-order valence-corrected chi connectivity index (χ2v) is 6.59. The molecule has 1 aliphatic rings. The Bertz CT molecular complexity index is 380. The predicted molar refractivity (Wildman–Crippen MR) is 86.8 cm³/mol. The van der Waals surface area contributed by atoms with Gasteiger partial charge in [0.1, 0.15) is 0 Å². The fourth-order valence-electron chi connectivity index (χ4n) is 3.70. The quantitative estimate of drug-likeness (QED) is 0.880. The van der Waals surface area contributed by atoms with Crippen molar-refractivity contribution in [3.63, 3.8) is 0 Å². The van der Waals surface area contributed by atoms with Gasteiger partial charge in [0.25, 0.3) is 0 Å². The van der Waals surface area contributed by atoms with Crippen LogP contribution in [0.4, 0.5) is 0 Å². The number of likely N-dealkylation sites (N-methyl/N-ethyl adjacent to an activating group) is 1. The van der Waals surface area contributed by atoms with Crippen LogP contribution in [0.1, 0.15) is 45.7 Å². The average molecular weight is 274 g/mol. The van der Waals surface area contributed by atoms with Gasteiger partial charge in [0, 0.05) is 25.2 Å². The minimum atomic E-state index is 0.429. The first-order valence-corrected chi connectivity index (χ1v) is 8.14. The lowest BCUT2D eigenvalue weighted by atomic mass is 9.89. The fraction of sp³-hybridized carbons (Fsp3) is 0.667. The Hall–Kier alpha value is -0.860. The van der Waals surface area contributed by atoms with E-state index in [1.165, 1.54) is 25.1 Å². The molecule has 1 N–H and O–H groups in total. The van der Waals surface area contributed by atoms with Crippen molar-refractivity contribution in [2.24, 2.45) is 11.8 Å². The number of piperidine rings is 1. The Balaban J connectivity index is 2.12. The van der Waals surface area contributed by atoms with Crippen LogP contribution in [0.5, 0.6) is 0 Å². The first-order valence-electron chi connectivity index (χ1n) is 8.14. The molecule has 1 aromatic rings. The van der Waals surface area contributed by atoms with Crippen molar-refractivity contribution in [3.05, 3.63) is 35.9 Å². The molecule has 1 aliphatic heterocycles. The Kier molecular flexibility index (Phi) is 5.62. The first kappa shape index (κ1) is 15.5. The molecule has 1 fully saturated rings. The number of hydrogen-bond acceptors (Lipinski definition) is 2. The summed E-state index contributed by atoms with van der Waals surface area (Å²) in [5.41, 5.74) is 1.41. The molecule has 0 saturated carbocycles. The highest BCUT2D eigenvalue weighted by atomic mass is 15.2. The maximum atomic E-state index is 3.68. The number of hydrogen-bond donors (Lipinski definition) is 1. The molecule has 1 saturated heterocycles. The molecule has 4 unspecified atom stereocenters. The minimum Gasteiger partial charge on any atom is -0.309 e. The summed E-state index contributed by atoms with van der Waals surface area (Å²) in [6.07, 6.45) is 1.38. The lowest BCUT2D eigenvalue weighted by Crippen LogP contribution is -2.49. The molecule has 1 aromatic carbocycles. The van der Waals surface area contributed by atoms with Crippen molar-refractivity contribution >= 4 is 0 Å². The van der Waals surface area contributed by atoms with Crippen LogP contribution < -0.4 is 5.32 Å². The van der Waals surface area contributed by atoms with Gasteiger partial charge in [-0.15, -0.1) is 0 Å². The van der Waals surface area contributed by atoms with Crippen LogP contribution in [0.15, 0.2) is 30.3 Å². The number of benzene rings is 1. The largest absolute Gasteiger partial charge is 0.309 e. The van der Waals surface area contributed by atoms with E-state index in [1.807, 2.05) is 0 Å². The molecule has 0 spiro atoms. The zero-order valence-electron chi connectivity index (χ0n) is 13.5. The average Bonchev–Trinajstić information content (AvgIpc) is 2.44. The molecule has 0 aromatic heterocycles. The Morgan fingerprint density at radius 3 is 2.30 bits per heavy atom. The van der Waals surface area contributed by atoms with Crippen molar-refractivity contribution < 1.29 is 0 Å². The van der Waals surface area contributed by atoms with E-state index in [1.54, 1.807) is 0 Å². The van der Waals surface area contributed by atoms with E-state index in [-0.39, 0.29) is 0 Å². The van der Waals surface area contributed by atoms with Gasteiger partial charge < -0.3 is 5.32 Å². The topological polar surface area (TPSA) is 15.3 Å². The van der Waals surface area contributed by atoms with Gasteiger partial charge in [-0.05, 0) is 37.3 Å². The Labute approximate surface area is 124 Å².